The third-order valence-corrected chi connectivity index (χ3v) is 2.14. The topological polar surface area (TPSA) is 35.5 Å². The average molecular weight is 186 g/mol. The van der Waals surface area contributed by atoms with Crippen molar-refractivity contribution in [1.82, 2.24) is 0 Å². The van der Waals surface area contributed by atoms with E-state index in [1.165, 1.54) is 0 Å². The molecule has 0 aromatic heterocycles. The highest BCUT2D eigenvalue weighted by molar-refractivity contribution is 5.88. The fourth-order valence-electron chi connectivity index (χ4n) is 0.882. The molecule has 1 unspecified atom stereocenters. The van der Waals surface area contributed by atoms with Crippen LogP contribution in [0, 0.1) is 0 Å². The van der Waals surface area contributed by atoms with Gasteiger partial charge in [-0.15, -0.1) is 0 Å². The van der Waals surface area contributed by atoms with Gasteiger partial charge in [-0.3, -0.25) is 0 Å². The molecule has 0 N–H and O–H groups in total. The van der Waals surface area contributed by atoms with Gasteiger partial charge in [0.15, 0.2) is 0 Å². The van der Waals surface area contributed by atoms with Crippen LogP contribution in [-0.4, -0.2) is 25.8 Å². The molecule has 0 amide bonds. The van der Waals surface area contributed by atoms with E-state index in [0.717, 1.165) is 5.57 Å². The lowest BCUT2D eigenvalue weighted by Crippen LogP contribution is -2.14. The van der Waals surface area contributed by atoms with Gasteiger partial charge in [0.2, 0.25) is 0 Å². The number of carbonyl (C=O) groups excluding carboxylic acids is 1. The van der Waals surface area contributed by atoms with Crippen molar-refractivity contribution in [3.05, 3.63) is 11.1 Å². The quantitative estimate of drug-likeness (QED) is 0.497. The molecule has 0 aliphatic rings. The van der Waals surface area contributed by atoms with E-state index in [1.54, 1.807) is 21.0 Å². The van der Waals surface area contributed by atoms with E-state index < -0.39 is 0 Å². The first-order valence-corrected chi connectivity index (χ1v) is 4.41. The fraction of sp³-hybridized carbons (Fsp3) is 0.700. The molecule has 0 aliphatic heterocycles. The smallest absolute Gasteiger partial charge is 0.333 e. The molecule has 13 heavy (non-hydrogen) atoms. The second-order valence-electron chi connectivity index (χ2n) is 2.91. The van der Waals surface area contributed by atoms with Crippen molar-refractivity contribution in [2.24, 2.45) is 0 Å². The summed E-state index contributed by atoms with van der Waals surface area (Å²) in [5, 5.41) is 0. The highest BCUT2D eigenvalue weighted by Crippen LogP contribution is 2.11. The van der Waals surface area contributed by atoms with Crippen LogP contribution >= 0.6 is 0 Å². The first kappa shape index (κ1) is 12.2. The Morgan fingerprint density at radius 3 is 2.31 bits per heavy atom. The summed E-state index contributed by atoms with van der Waals surface area (Å²) in [5.41, 5.74) is 1.55. The zero-order chi connectivity index (χ0) is 10.4. The predicted molar refractivity (Wildman–Crippen MR) is 51.5 cm³/mol. The Hall–Kier alpha value is -0.830. The number of carbonyl (C=O) groups is 1. The molecule has 0 aliphatic carbocycles. The molecule has 0 aromatic carbocycles. The number of hydrogen-bond acceptors (Lipinski definition) is 3. The van der Waals surface area contributed by atoms with E-state index in [0.29, 0.717) is 12.2 Å². The van der Waals surface area contributed by atoms with Gasteiger partial charge in [-0.25, -0.2) is 4.79 Å². The zero-order valence-electron chi connectivity index (χ0n) is 9.01. The maximum absolute atomic E-state index is 11.3. The molecule has 0 bridgehead atoms. The summed E-state index contributed by atoms with van der Waals surface area (Å²) < 4.78 is 9.96. The van der Waals surface area contributed by atoms with Crippen LogP contribution in [0.15, 0.2) is 11.1 Å². The Kier molecular flexibility index (Phi) is 5.39. The predicted octanol–water partition coefficient (Wildman–Crippen LogP) is 1.92. The van der Waals surface area contributed by atoms with Crippen LogP contribution in [0.2, 0.25) is 0 Å². The van der Waals surface area contributed by atoms with Gasteiger partial charge in [0.1, 0.15) is 0 Å². The van der Waals surface area contributed by atoms with Crippen molar-refractivity contribution < 1.29 is 14.3 Å². The van der Waals surface area contributed by atoms with Gasteiger partial charge in [0.25, 0.3) is 0 Å². The van der Waals surface area contributed by atoms with Gasteiger partial charge in [-0.05, 0) is 33.3 Å². The standard InChI is InChI=1S/C10H18O3/c1-6-13-10(11)8(3)7(2)9(4)12-5/h9H,6H2,1-5H3. The molecule has 0 rings (SSSR count). The maximum Gasteiger partial charge on any atom is 0.333 e. The normalized spacial score (nSPS) is 14.8. The summed E-state index contributed by atoms with van der Waals surface area (Å²) in [7, 11) is 1.62. The van der Waals surface area contributed by atoms with Crippen molar-refractivity contribution >= 4 is 5.97 Å². The summed E-state index contributed by atoms with van der Waals surface area (Å²) >= 11 is 0. The summed E-state index contributed by atoms with van der Waals surface area (Å²) in [6, 6.07) is 0. The van der Waals surface area contributed by atoms with E-state index in [-0.39, 0.29) is 12.1 Å². The van der Waals surface area contributed by atoms with Crippen LogP contribution in [0.1, 0.15) is 27.7 Å². The molecule has 3 heteroatoms. The van der Waals surface area contributed by atoms with Crippen molar-refractivity contribution in [3.63, 3.8) is 0 Å². The van der Waals surface area contributed by atoms with Gasteiger partial charge in [-0.2, -0.15) is 0 Å². The second kappa shape index (κ2) is 5.75. The summed E-state index contributed by atoms with van der Waals surface area (Å²) in [4.78, 5) is 11.3. The number of rotatable bonds is 4. The molecule has 0 aromatic rings. The molecule has 3 nitrogen and oxygen atoms in total. The third kappa shape index (κ3) is 3.59. The van der Waals surface area contributed by atoms with Gasteiger partial charge in [-0.1, -0.05) is 0 Å². The lowest BCUT2D eigenvalue weighted by atomic mass is 10.1. The Labute approximate surface area is 79.7 Å². The Bertz CT molecular complexity index is 206. The van der Waals surface area contributed by atoms with E-state index >= 15 is 0 Å². The van der Waals surface area contributed by atoms with Crippen molar-refractivity contribution in [3.8, 4) is 0 Å². The number of hydrogen-bond donors (Lipinski definition) is 0. The van der Waals surface area contributed by atoms with Crippen LogP contribution in [0.3, 0.4) is 0 Å². The minimum absolute atomic E-state index is 0.0376. The monoisotopic (exact) mass is 186 g/mol. The minimum Gasteiger partial charge on any atom is -0.463 e. The molecule has 76 valence electrons. The van der Waals surface area contributed by atoms with Crippen LogP contribution in [0.5, 0.6) is 0 Å². The molecule has 0 fully saturated rings. The fourth-order valence-corrected chi connectivity index (χ4v) is 0.882. The van der Waals surface area contributed by atoms with E-state index in [1.807, 2.05) is 13.8 Å². The first-order chi connectivity index (χ1) is 6.04. The lowest BCUT2D eigenvalue weighted by molar-refractivity contribution is -0.138. The molecular formula is C10H18O3. The Balaban J connectivity index is 4.50. The molecule has 0 radical (unpaired) electrons. The van der Waals surface area contributed by atoms with Crippen LogP contribution in [0.4, 0.5) is 0 Å². The Morgan fingerprint density at radius 2 is 1.92 bits per heavy atom. The number of methoxy groups -OCH3 is 1. The second-order valence-corrected chi connectivity index (χ2v) is 2.91. The lowest BCUT2D eigenvalue weighted by Gasteiger charge is -2.13. The van der Waals surface area contributed by atoms with Crippen LogP contribution in [-0.2, 0) is 14.3 Å². The zero-order valence-corrected chi connectivity index (χ0v) is 9.01. The molecule has 0 heterocycles. The summed E-state index contributed by atoms with van der Waals surface area (Å²) in [6.07, 6.45) is -0.0376. The van der Waals surface area contributed by atoms with E-state index in [2.05, 4.69) is 0 Å². The third-order valence-electron chi connectivity index (χ3n) is 2.14. The van der Waals surface area contributed by atoms with E-state index in [4.69, 9.17) is 9.47 Å². The number of esters is 1. The molecule has 1 atom stereocenters. The van der Waals surface area contributed by atoms with Gasteiger partial charge >= 0.3 is 5.97 Å². The molecule has 0 saturated heterocycles. The minimum atomic E-state index is -0.260. The van der Waals surface area contributed by atoms with Gasteiger partial charge < -0.3 is 9.47 Å². The maximum atomic E-state index is 11.3. The Morgan fingerprint density at radius 1 is 1.38 bits per heavy atom. The molecule has 0 saturated carbocycles. The molecule has 0 spiro atoms. The van der Waals surface area contributed by atoms with Crippen molar-refractivity contribution in [2.45, 2.75) is 33.8 Å². The highest BCUT2D eigenvalue weighted by atomic mass is 16.5. The highest BCUT2D eigenvalue weighted by Gasteiger charge is 2.12. The van der Waals surface area contributed by atoms with Gasteiger partial charge in [0.05, 0.1) is 12.7 Å². The van der Waals surface area contributed by atoms with Crippen molar-refractivity contribution in [1.29, 1.82) is 0 Å². The summed E-state index contributed by atoms with van der Waals surface area (Å²) in [6.45, 7) is 7.73. The number of ether oxygens (including phenoxy) is 2. The SMILES string of the molecule is CCOC(=O)C(C)=C(C)C(C)OC. The van der Waals surface area contributed by atoms with E-state index in [9.17, 15) is 4.79 Å². The van der Waals surface area contributed by atoms with Crippen molar-refractivity contribution in [2.75, 3.05) is 13.7 Å². The summed E-state index contributed by atoms with van der Waals surface area (Å²) in [5.74, 6) is -0.260. The molecular weight excluding hydrogens is 168 g/mol. The van der Waals surface area contributed by atoms with Gasteiger partial charge in [0, 0.05) is 12.7 Å². The van der Waals surface area contributed by atoms with Crippen LogP contribution in [0.25, 0.3) is 0 Å². The average Bonchev–Trinajstić information content (AvgIpc) is 2.14. The first-order valence-electron chi connectivity index (χ1n) is 4.41. The largest absolute Gasteiger partial charge is 0.463 e. The van der Waals surface area contributed by atoms with Crippen LogP contribution < -0.4 is 0 Å².